The number of alkyl halides is 1. The van der Waals surface area contributed by atoms with Crippen molar-refractivity contribution >= 4 is 11.6 Å². The first-order valence-electron chi connectivity index (χ1n) is 4.90. The van der Waals surface area contributed by atoms with E-state index in [4.69, 9.17) is 11.6 Å². The average Bonchev–Trinajstić information content (AvgIpc) is 2.76. The van der Waals surface area contributed by atoms with E-state index in [-0.39, 0.29) is 0 Å². The van der Waals surface area contributed by atoms with Crippen molar-refractivity contribution in [1.29, 1.82) is 0 Å². The molecule has 0 saturated heterocycles. The molecule has 0 amide bonds. The number of rotatable bonds is 4. The van der Waals surface area contributed by atoms with Crippen LogP contribution in [0.1, 0.15) is 6.42 Å². The van der Waals surface area contributed by atoms with E-state index in [9.17, 15) is 0 Å². The van der Waals surface area contributed by atoms with E-state index < -0.39 is 0 Å². The lowest BCUT2D eigenvalue weighted by molar-refractivity contribution is 0.607. The Kier molecular flexibility index (Phi) is 3.35. The summed E-state index contributed by atoms with van der Waals surface area (Å²) in [7, 11) is 0. The van der Waals surface area contributed by atoms with E-state index in [0.29, 0.717) is 5.88 Å². The lowest BCUT2D eigenvalue weighted by Gasteiger charge is -1.98. The standard InChI is InChI=1S/C11H12ClN3/c12-5-2-7-15-8-4-11(14-15)10-3-1-6-13-9-10/h1,3-4,6,8-9H,2,5,7H2. The largest absolute Gasteiger partial charge is 0.272 e. The van der Waals surface area contributed by atoms with Gasteiger partial charge in [0.15, 0.2) is 0 Å². The Morgan fingerprint density at radius 2 is 2.27 bits per heavy atom. The summed E-state index contributed by atoms with van der Waals surface area (Å²) in [5.74, 6) is 0.669. The van der Waals surface area contributed by atoms with Crippen LogP contribution < -0.4 is 0 Å². The van der Waals surface area contributed by atoms with E-state index in [1.165, 1.54) is 0 Å². The minimum atomic E-state index is 0.669. The predicted octanol–water partition coefficient (Wildman–Crippen LogP) is 2.57. The Balaban J connectivity index is 2.14. The van der Waals surface area contributed by atoms with Crippen LogP contribution >= 0.6 is 11.6 Å². The van der Waals surface area contributed by atoms with Gasteiger partial charge in [-0.1, -0.05) is 0 Å². The zero-order valence-corrected chi connectivity index (χ0v) is 9.06. The topological polar surface area (TPSA) is 30.7 Å². The van der Waals surface area contributed by atoms with Crippen LogP contribution in [0, 0.1) is 0 Å². The van der Waals surface area contributed by atoms with E-state index >= 15 is 0 Å². The highest BCUT2D eigenvalue weighted by Gasteiger charge is 2.01. The molecule has 0 bridgehead atoms. The first kappa shape index (κ1) is 10.2. The summed E-state index contributed by atoms with van der Waals surface area (Å²) >= 11 is 5.62. The number of nitrogens with zero attached hydrogens (tertiary/aromatic N) is 3. The zero-order chi connectivity index (χ0) is 10.5. The van der Waals surface area contributed by atoms with Crippen molar-refractivity contribution in [2.45, 2.75) is 13.0 Å². The Hall–Kier alpha value is -1.35. The van der Waals surface area contributed by atoms with Gasteiger partial charge in [-0.05, 0) is 24.6 Å². The minimum Gasteiger partial charge on any atom is -0.272 e. The summed E-state index contributed by atoms with van der Waals surface area (Å²) in [6.07, 6.45) is 6.48. The molecule has 0 atom stereocenters. The van der Waals surface area contributed by atoms with E-state index in [1.54, 1.807) is 6.20 Å². The second-order valence-corrected chi connectivity index (χ2v) is 3.63. The lowest BCUT2D eigenvalue weighted by atomic mass is 10.2. The van der Waals surface area contributed by atoms with Crippen LogP contribution in [0.2, 0.25) is 0 Å². The molecule has 0 spiro atoms. The maximum atomic E-state index is 5.62. The number of halogens is 1. The number of hydrogen-bond acceptors (Lipinski definition) is 2. The van der Waals surface area contributed by atoms with Gasteiger partial charge in [0.05, 0.1) is 5.69 Å². The highest BCUT2D eigenvalue weighted by molar-refractivity contribution is 6.17. The molecule has 0 fully saturated rings. The van der Waals surface area contributed by atoms with Crippen molar-refractivity contribution in [3.63, 3.8) is 0 Å². The molecule has 0 aliphatic carbocycles. The molecule has 2 aromatic heterocycles. The lowest BCUT2D eigenvalue weighted by Crippen LogP contribution is -1.99. The van der Waals surface area contributed by atoms with Crippen LogP contribution in [-0.2, 0) is 6.54 Å². The monoisotopic (exact) mass is 221 g/mol. The Morgan fingerprint density at radius 1 is 1.33 bits per heavy atom. The van der Waals surface area contributed by atoms with Crippen LogP contribution in [0.3, 0.4) is 0 Å². The van der Waals surface area contributed by atoms with Crippen molar-refractivity contribution in [3.05, 3.63) is 36.8 Å². The van der Waals surface area contributed by atoms with Gasteiger partial charge in [0, 0.05) is 36.6 Å². The summed E-state index contributed by atoms with van der Waals surface area (Å²) in [6, 6.07) is 5.90. The summed E-state index contributed by atoms with van der Waals surface area (Å²) in [5, 5.41) is 4.44. The van der Waals surface area contributed by atoms with Crippen molar-refractivity contribution in [3.8, 4) is 11.3 Å². The quantitative estimate of drug-likeness (QED) is 0.743. The van der Waals surface area contributed by atoms with Crippen LogP contribution in [0.5, 0.6) is 0 Å². The van der Waals surface area contributed by atoms with Gasteiger partial charge in [-0.3, -0.25) is 9.67 Å². The van der Waals surface area contributed by atoms with E-state index in [0.717, 1.165) is 24.2 Å². The normalized spacial score (nSPS) is 10.5. The smallest absolute Gasteiger partial charge is 0.0938 e. The molecule has 3 nitrogen and oxygen atoms in total. The molecule has 0 aliphatic rings. The molecule has 0 radical (unpaired) electrons. The third-order valence-electron chi connectivity index (χ3n) is 2.12. The minimum absolute atomic E-state index is 0.669. The zero-order valence-electron chi connectivity index (χ0n) is 8.31. The summed E-state index contributed by atoms with van der Waals surface area (Å²) in [5.41, 5.74) is 2.00. The van der Waals surface area contributed by atoms with E-state index in [2.05, 4.69) is 10.1 Å². The molecule has 2 aromatic rings. The number of hydrogen-bond donors (Lipinski definition) is 0. The van der Waals surface area contributed by atoms with Crippen LogP contribution in [0.25, 0.3) is 11.3 Å². The fraction of sp³-hybridized carbons (Fsp3) is 0.273. The van der Waals surface area contributed by atoms with Gasteiger partial charge >= 0.3 is 0 Å². The SMILES string of the molecule is ClCCCn1ccc(-c2cccnc2)n1. The molecule has 0 aromatic carbocycles. The second-order valence-electron chi connectivity index (χ2n) is 3.25. The molecular formula is C11H12ClN3. The maximum Gasteiger partial charge on any atom is 0.0938 e. The van der Waals surface area contributed by atoms with Gasteiger partial charge < -0.3 is 0 Å². The van der Waals surface area contributed by atoms with Gasteiger partial charge in [0.1, 0.15) is 0 Å². The second kappa shape index (κ2) is 4.94. The fourth-order valence-corrected chi connectivity index (χ4v) is 1.50. The summed E-state index contributed by atoms with van der Waals surface area (Å²) in [6.45, 7) is 0.865. The molecule has 0 saturated carbocycles. The van der Waals surface area contributed by atoms with Crippen molar-refractivity contribution in [2.24, 2.45) is 0 Å². The molecule has 2 rings (SSSR count). The molecule has 2 heterocycles. The van der Waals surface area contributed by atoms with Crippen LogP contribution in [0.4, 0.5) is 0 Å². The third-order valence-corrected chi connectivity index (χ3v) is 2.39. The predicted molar refractivity (Wildman–Crippen MR) is 60.8 cm³/mol. The summed E-state index contributed by atoms with van der Waals surface area (Å²) in [4.78, 5) is 4.06. The van der Waals surface area contributed by atoms with Crippen molar-refractivity contribution < 1.29 is 0 Å². The molecule has 0 N–H and O–H groups in total. The Bertz CT molecular complexity index is 411. The van der Waals surface area contributed by atoms with Gasteiger partial charge in [-0.15, -0.1) is 11.6 Å². The first-order chi connectivity index (χ1) is 7.40. The molecule has 4 heteroatoms. The fourth-order valence-electron chi connectivity index (χ4n) is 1.38. The van der Waals surface area contributed by atoms with Crippen LogP contribution in [-0.4, -0.2) is 20.6 Å². The van der Waals surface area contributed by atoms with Crippen LogP contribution in [0.15, 0.2) is 36.8 Å². The number of pyridine rings is 1. The molecule has 78 valence electrons. The highest BCUT2D eigenvalue weighted by Crippen LogP contribution is 2.14. The number of aryl methyl sites for hydroxylation is 1. The highest BCUT2D eigenvalue weighted by atomic mass is 35.5. The molecular weight excluding hydrogens is 210 g/mol. The molecule has 0 unspecified atom stereocenters. The van der Waals surface area contributed by atoms with Crippen molar-refractivity contribution in [2.75, 3.05) is 5.88 Å². The Morgan fingerprint density at radius 3 is 3.00 bits per heavy atom. The molecule has 0 aliphatic heterocycles. The third kappa shape index (κ3) is 2.57. The maximum absolute atomic E-state index is 5.62. The average molecular weight is 222 g/mol. The van der Waals surface area contributed by atoms with Gasteiger partial charge in [-0.2, -0.15) is 5.10 Å². The van der Waals surface area contributed by atoms with Crippen molar-refractivity contribution in [1.82, 2.24) is 14.8 Å². The van der Waals surface area contributed by atoms with Gasteiger partial charge in [-0.25, -0.2) is 0 Å². The van der Waals surface area contributed by atoms with Gasteiger partial charge in [0.2, 0.25) is 0 Å². The van der Waals surface area contributed by atoms with E-state index in [1.807, 2.05) is 35.3 Å². The number of aromatic nitrogens is 3. The summed E-state index contributed by atoms with van der Waals surface area (Å²) < 4.78 is 1.91. The molecule has 15 heavy (non-hydrogen) atoms. The first-order valence-corrected chi connectivity index (χ1v) is 5.43. The Labute approximate surface area is 93.7 Å². The van der Waals surface area contributed by atoms with Gasteiger partial charge in [0.25, 0.3) is 0 Å².